The third-order valence-corrected chi connectivity index (χ3v) is 12.9. The van der Waals surface area contributed by atoms with Crippen molar-refractivity contribution < 1.29 is 4.74 Å². The van der Waals surface area contributed by atoms with E-state index in [2.05, 4.69) is 212 Å². The highest BCUT2D eigenvalue weighted by Gasteiger charge is 2.21. The molecule has 0 unspecified atom stereocenters. The molecule has 65 heavy (non-hydrogen) atoms. The van der Waals surface area contributed by atoms with Crippen LogP contribution in [0, 0.1) is 0 Å². The van der Waals surface area contributed by atoms with Crippen LogP contribution in [0.5, 0.6) is 11.5 Å². The van der Waals surface area contributed by atoms with Crippen LogP contribution in [0.2, 0.25) is 0 Å². The molecule has 0 amide bonds. The van der Waals surface area contributed by atoms with Crippen molar-refractivity contribution in [2.45, 2.75) is 0 Å². The van der Waals surface area contributed by atoms with E-state index in [4.69, 9.17) is 19.7 Å². The summed E-state index contributed by atoms with van der Waals surface area (Å²) in [5, 5.41) is 9.73. The molecule has 0 bridgehead atoms. The Kier molecular flexibility index (Phi) is 8.50. The molecule has 4 heteroatoms. The van der Waals surface area contributed by atoms with Crippen LogP contribution in [-0.2, 0) is 0 Å². The first-order chi connectivity index (χ1) is 32.2. The summed E-state index contributed by atoms with van der Waals surface area (Å²) >= 11 is 0. The number of benzene rings is 11. The van der Waals surface area contributed by atoms with Crippen LogP contribution >= 0.6 is 0 Å². The first kappa shape index (κ1) is 36.9. The summed E-state index contributed by atoms with van der Waals surface area (Å²) in [6, 6.07) is 79.4. The molecule has 0 spiro atoms. The Morgan fingerprint density at radius 1 is 0.262 bits per heavy atom. The maximum Gasteiger partial charge on any atom is 0.164 e. The fourth-order valence-corrected chi connectivity index (χ4v) is 9.77. The molecule has 2 heterocycles. The second-order valence-corrected chi connectivity index (χ2v) is 16.7. The Morgan fingerprint density at radius 2 is 0.846 bits per heavy atom. The van der Waals surface area contributed by atoms with Gasteiger partial charge >= 0.3 is 0 Å². The van der Waals surface area contributed by atoms with Gasteiger partial charge in [0.05, 0.1) is 0 Å². The zero-order valence-electron chi connectivity index (χ0n) is 35.1. The molecular weight excluding hydrogens is 791 g/mol. The Balaban J connectivity index is 0.921. The average molecular weight is 828 g/mol. The molecule has 1 aliphatic heterocycles. The molecule has 12 aromatic rings. The van der Waals surface area contributed by atoms with E-state index >= 15 is 0 Å². The van der Waals surface area contributed by atoms with Gasteiger partial charge in [-0.2, -0.15) is 0 Å². The van der Waals surface area contributed by atoms with Crippen molar-refractivity contribution in [3.63, 3.8) is 0 Å². The Labute approximate surface area is 375 Å². The minimum absolute atomic E-state index is 0.609. The van der Waals surface area contributed by atoms with Crippen LogP contribution in [0.3, 0.4) is 0 Å². The average Bonchev–Trinajstić information content (AvgIpc) is 3.38. The number of hydrogen-bond donors (Lipinski definition) is 0. The lowest BCUT2D eigenvalue weighted by atomic mass is 9.89. The zero-order valence-corrected chi connectivity index (χ0v) is 35.1. The van der Waals surface area contributed by atoms with E-state index in [9.17, 15) is 0 Å². The molecule has 0 atom stereocenters. The van der Waals surface area contributed by atoms with Gasteiger partial charge in [-0.15, -0.1) is 0 Å². The summed E-state index contributed by atoms with van der Waals surface area (Å²) in [4.78, 5) is 15.6. The molecule has 13 rings (SSSR count). The van der Waals surface area contributed by atoms with Crippen LogP contribution < -0.4 is 4.74 Å². The molecule has 0 radical (unpaired) electrons. The van der Waals surface area contributed by atoms with Gasteiger partial charge < -0.3 is 4.74 Å². The van der Waals surface area contributed by atoms with Gasteiger partial charge in [0.25, 0.3) is 0 Å². The maximum absolute atomic E-state index is 6.40. The van der Waals surface area contributed by atoms with E-state index in [0.29, 0.717) is 17.5 Å². The van der Waals surface area contributed by atoms with Gasteiger partial charge in [0, 0.05) is 27.6 Å². The Morgan fingerprint density at radius 3 is 1.63 bits per heavy atom. The van der Waals surface area contributed by atoms with E-state index in [1.165, 1.54) is 48.8 Å². The SMILES string of the molecule is c1ccc(-c2ccccc2-c2nc(-c3ccc(-c4ccc5c(c4)-c4cccc6cccc(c46)O5)cc3)nc(-c3ccc(-c4c5ccccc5cc5c4ccc4ccccc45)cc3)n2)cc1. The Bertz CT molecular complexity index is 3840. The quantitative estimate of drug-likeness (QED) is 0.124. The standard InChI is InChI=1S/C61H37N3O/c1-2-12-39(13-3-1)47-18-8-9-21-52(47)61-63-59(43-28-24-38(25-29-43)45-33-35-55-54(36-45)50-22-10-16-41-17-11-23-56(65-55)58(41)50)62-60(64-61)44-30-26-42(27-31-44)57-49-20-7-5-15-46(49)37-53-48-19-6-4-14-40(48)32-34-51(53)57/h1-37H. The third-order valence-electron chi connectivity index (χ3n) is 12.9. The van der Waals surface area contributed by atoms with Gasteiger partial charge in [0.1, 0.15) is 11.5 Å². The molecular formula is C61H37N3O. The van der Waals surface area contributed by atoms with Crippen LogP contribution in [-0.4, -0.2) is 15.0 Å². The van der Waals surface area contributed by atoms with Crippen LogP contribution in [0.25, 0.3) is 122 Å². The van der Waals surface area contributed by atoms with Crippen LogP contribution in [0.1, 0.15) is 0 Å². The highest BCUT2D eigenvalue weighted by molar-refractivity contribution is 6.20. The number of hydrogen-bond acceptors (Lipinski definition) is 4. The van der Waals surface area contributed by atoms with E-state index in [-0.39, 0.29) is 0 Å². The van der Waals surface area contributed by atoms with Crippen molar-refractivity contribution in [3.8, 4) is 90.2 Å². The fourth-order valence-electron chi connectivity index (χ4n) is 9.77. The number of rotatable bonds is 6. The van der Waals surface area contributed by atoms with Gasteiger partial charge in [-0.05, 0) is 101 Å². The monoisotopic (exact) mass is 827 g/mol. The summed E-state index contributed by atoms with van der Waals surface area (Å²) in [5.41, 5.74) is 11.8. The fraction of sp³-hybridized carbons (Fsp3) is 0. The molecule has 0 aliphatic carbocycles. The van der Waals surface area contributed by atoms with E-state index in [1.807, 2.05) is 12.1 Å². The number of nitrogens with zero attached hydrogens (tertiary/aromatic N) is 3. The first-order valence-electron chi connectivity index (χ1n) is 22.0. The minimum atomic E-state index is 0.609. The van der Waals surface area contributed by atoms with E-state index in [1.54, 1.807) is 0 Å². The highest BCUT2D eigenvalue weighted by Crippen LogP contribution is 2.48. The molecule has 302 valence electrons. The largest absolute Gasteiger partial charge is 0.456 e. The van der Waals surface area contributed by atoms with E-state index < -0.39 is 0 Å². The lowest BCUT2D eigenvalue weighted by molar-refractivity contribution is 0.487. The minimum Gasteiger partial charge on any atom is -0.456 e. The van der Waals surface area contributed by atoms with Crippen molar-refractivity contribution in [2.75, 3.05) is 0 Å². The molecule has 1 aromatic heterocycles. The predicted octanol–water partition coefficient (Wildman–Crippen LogP) is 16.3. The molecule has 0 saturated heterocycles. The molecule has 11 aromatic carbocycles. The first-order valence-corrected chi connectivity index (χ1v) is 22.0. The van der Waals surface area contributed by atoms with Crippen LogP contribution in [0.15, 0.2) is 224 Å². The van der Waals surface area contributed by atoms with Gasteiger partial charge in [0.15, 0.2) is 17.5 Å². The topological polar surface area (TPSA) is 47.9 Å². The number of fused-ring (bicyclic) bond motifs is 6. The van der Waals surface area contributed by atoms with Crippen molar-refractivity contribution in [1.82, 2.24) is 15.0 Å². The summed E-state index contributed by atoms with van der Waals surface area (Å²) in [7, 11) is 0. The summed E-state index contributed by atoms with van der Waals surface area (Å²) < 4.78 is 6.40. The van der Waals surface area contributed by atoms with Gasteiger partial charge in [-0.25, -0.2) is 15.0 Å². The normalized spacial score (nSPS) is 11.8. The van der Waals surface area contributed by atoms with Gasteiger partial charge in [0.2, 0.25) is 0 Å². The molecule has 4 nitrogen and oxygen atoms in total. The summed E-state index contributed by atoms with van der Waals surface area (Å²) in [6.45, 7) is 0. The second-order valence-electron chi connectivity index (χ2n) is 16.7. The summed E-state index contributed by atoms with van der Waals surface area (Å²) in [5.74, 6) is 3.60. The number of aromatic nitrogens is 3. The Hall–Kier alpha value is -8.73. The van der Waals surface area contributed by atoms with Crippen molar-refractivity contribution in [3.05, 3.63) is 224 Å². The lowest BCUT2D eigenvalue weighted by Crippen LogP contribution is -2.01. The van der Waals surface area contributed by atoms with Crippen molar-refractivity contribution >= 4 is 43.1 Å². The van der Waals surface area contributed by atoms with Gasteiger partial charge in [-0.3, -0.25) is 0 Å². The molecule has 0 fully saturated rings. The van der Waals surface area contributed by atoms with Gasteiger partial charge in [-0.1, -0.05) is 200 Å². The van der Waals surface area contributed by atoms with Crippen LogP contribution in [0.4, 0.5) is 0 Å². The zero-order chi connectivity index (χ0) is 42.8. The molecule has 0 saturated carbocycles. The predicted molar refractivity (Wildman–Crippen MR) is 268 cm³/mol. The smallest absolute Gasteiger partial charge is 0.164 e. The van der Waals surface area contributed by atoms with E-state index in [0.717, 1.165) is 67.0 Å². The second kappa shape index (κ2) is 15.0. The maximum atomic E-state index is 6.40. The molecule has 1 aliphatic rings. The lowest BCUT2D eigenvalue weighted by Gasteiger charge is -2.22. The molecule has 0 N–H and O–H groups in total. The highest BCUT2D eigenvalue weighted by atomic mass is 16.5. The van der Waals surface area contributed by atoms with Crippen molar-refractivity contribution in [2.24, 2.45) is 0 Å². The summed E-state index contributed by atoms with van der Waals surface area (Å²) in [6.07, 6.45) is 0. The van der Waals surface area contributed by atoms with Crippen molar-refractivity contribution in [1.29, 1.82) is 0 Å². The number of ether oxygens (including phenoxy) is 1. The third kappa shape index (κ3) is 6.26.